The maximum atomic E-state index is 12.7. The Bertz CT molecular complexity index is 1280. The predicted molar refractivity (Wildman–Crippen MR) is 128 cm³/mol. The molecule has 8 nitrogen and oxygen atoms in total. The molecule has 174 valence electrons. The lowest BCUT2D eigenvalue weighted by Gasteiger charge is -2.13. The van der Waals surface area contributed by atoms with Crippen molar-refractivity contribution >= 4 is 35.0 Å². The zero-order chi connectivity index (χ0) is 24.2. The number of fused-ring (bicyclic) bond motifs is 1. The monoisotopic (exact) mass is 478 g/mol. The third kappa shape index (κ3) is 5.02. The number of furan rings is 1. The van der Waals surface area contributed by atoms with Gasteiger partial charge in [-0.3, -0.25) is 25.2 Å². The highest BCUT2D eigenvalue weighted by molar-refractivity contribution is 6.30. The minimum absolute atomic E-state index is 0.0841. The molecular formula is C25H23ClN4O4. The van der Waals surface area contributed by atoms with Crippen molar-refractivity contribution in [3.05, 3.63) is 92.9 Å². The third-order valence-corrected chi connectivity index (χ3v) is 5.79. The normalized spacial score (nSPS) is 13.8. The summed E-state index contributed by atoms with van der Waals surface area (Å²) in [5.41, 5.74) is 11.2. The summed E-state index contributed by atoms with van der Waals surface area (Å²) in [6.45, 7) is 3.70. The Morgan fingerprint density at radius 2 is 1.47 bits per heavy atom. The molecule has 3 aromatic rings. The molecule has 0 saturated carbocycles. The zero-order valence-electron chi connectivity index (χ0n) is 18.7. The van der Waals surface area contributed by atoms with E-state index >= 15 is 0 Å². The Balaban J connectivity index is 1.47. The van der Waals surface area contributed by atoms with Crippen molar-refractivity contribution in [2.24, 2.45) is 5.10 Å². The van der Waals surface area contributed by atoms with Crippen molar-refractivity contribution in [2.75, 3.05) is 0 Å². The predicted octanol–water partition coefficient (Wildman–Crippen LogP) is 4.10. The molecule has 0 fully saturated rings. The summed E-state index contributed by atoms with van der Waals surface area (Å²) in [5.74, 6) is -0.678. The van der Waals surface area contributed by atoms with Crippen LogP contribution in [0.25, 0.3) is 0 Å². The van der Waals surface area contributed by atoms with Crippen LogP contribution in [0, 0.1) is 13.8 Å². The summed E-state index contributed by atoms with van der Waals surface area (Å²) in [7, 11) is 0. The molecule has 3 amide bonds. The van der Waals surface area contributed by atoms with Crippen LogP contribution in [0.3, 0.4) is 0 Å². The second kappa shape index (κ2) is 9.93. The molecule has 4 rings (SSSR count). The quantitative estimate of drug-likeness (QED) is 0.490. The molecule has 2 aromatic carbocycles. The number of benzene rings is 2. The SMILES string of the molecule is Cc1ccc(C(=O)N/N=C2\CCCc3oc(C(=O)NNC(=O)c4ccc(Cl)cc4)c(C)c32)cc1. The van der Waals surface area contributed by atoms with E-state index in [1.165, 1.54) is 0 Å². The fourth-order valence-corrected chi connectivity index (χ4v) is 3.85. The van der Waals surface area contributed by atoms with Gasteiger partial charge in [0.1, 0.15) is 5.76 Å². The average Bonchev–Trinajstić information content (AvgIpc) is 3.18. The van der Waals surface area contributed by atoms with Crippen molar-refractivity contribution in [3.8, 4) is 0 Å². The number of nitrogens with one attached hydrogen (secondary N) is 3. The van der Waals surface area contributed by atoms with Crippen LogP contribution >= 0.6 is 11.6 Å². The van der Waals surface area contributed by atoms with Crippen molar-refractivity contribution in [3.63, 3.8) is 0 Å². The van der Waals surface area contributed by atoms with Gasteiger partial charge in [0.05, 0.1) is 5.71 Å². The molecule has 1 heterocycles. The molecule has 0 spiro atoms. The van der Waals surface area contributed by atoms with Gasteiger partial charge < -0.3 is 4.42 Å². The maximum Gasteiger partial charge on any atom is 0.305 e. The molecule has 9 heteroatoms. The molecule has 0 unspecified atom stereocenters. The van der Waals surface area contributed by atoms with Gasteiger partial charge in [-0.15, -0.1) is 0 Å². The van der Waals surface area contributed by atoms with E-state index in [2.05, 4.69) is 21.4 Å². The van der Waals surface area contributed by atoms with Gasteiger partial charge >= 0.3 is 5.91 Å². The van der Waals surface area contributed by atoms with Crippen molar-refractivity contribution < 1.29 is 18.8 Å². The standard InChI is InChI=1S/C25H23ClN4O4/c1-14-6-8-16(9-7-14)23(31)28-27-19-4-3-5-20-21(19)15(2)22(34-20)25(33)30-29-24(32)17-10-12-18(26)13-11-17/h6-13H,3-5H2,1-2H3,(H,28,31)(H,29,32)(H,30,33)/b27-19+. The van der Waals surface area contributed by atoms with Crippen LogP contribution in [0.2, 0.25) is 5.02 Å². The van der Waals surface area contributed by atoms with Gasteiger partial charge in [-0.25, -0.2) is 5.43 Å². The second-order valence-corrected chi connectivity index (χ2v) is 8.42. The highest BCUT2D eigenvalue weighted by Gasteiger charge is 2.28. The zero-order valence-corrected chi connectivity index (χ0v) is 19.5. The molecule has 3 N–H and O–H groups in total. The fraction of sp³-hybridized carbons (Fsp3) is 0.200. The van der Waals surface area contributed by atoms with Crippen molar-refractivity contribution in [1.82, 2.24) is 16.3 Å². The minimum Gasteiger partial charge on any atom is -0.455 e. The molecule has 1 aliphatic rings. The largest absolute Gasteiger partial charge is 0.455 e. The van der Waals surface area contributed by atoms with Gasteiger partial charge in [-0.05, 0) is 63.1 Å². The lowest BCUT2D eigenvalue weighted by molar-refractivity contribution is 0.0829. The lowest BCUT2D eigenvalue weighted by atomic mass is 9.93. The summed E-state index contributed by atoms with van der Waals surface area (Å²) in [6, 6.07) is 13.5. The molecule has 0 atom stereocenters. The summed E-state index contributed by atoms with van der Waals surface area (Å²) < 4.78 is 5.81. The topological polar surface area (TPSA) is 113 Å². The third-order valence-electron chi connectivity index (χ3n) is 5.53. The Hall–Kier alpha value is -3.91. The molecule has 1 aliphatic carbocycles. The average molecular weight is 479 g/mol. The van der Waals surface area contributed by atoms with Crippen molar-refractivity contribution in [2.45, 2.75) is 33.1 Å². The first-order valence-corrected chi connectivity index (χ1v) is 11.1. The number of carbonyl (C=O) groups is 3. The summed E-state index contributed by atoms with van der Waals surface area (Å²) in [6.07, 6.45) is 2.05. The molecule has 1 aromatic heterocycles. The van der Waals surface area contributed by atoms with E-state index < -0.39 is 11.8 Å². The van der Waals surface area contributed by atoms with E-state index in [0.717, 1.165) is 12.0 Å². The van der Waals surface area contributed by atoms with E-state index in [-0.39, 0.29) is 11.7 Å². The van der Waals surface area contributed by atoms with E-state index in [1.54, 1.807) is 43.3 Å². The van der Waals surface area contributed by atoms with Crippen LogP contribution < -0.4 is 16.3 Å². The highest BCUT2D eigenvalue weighted by atomic mass is 35.5. The van der Waals surface area contributed by atoms with Gasteiger partial charge in [-0.2, -0.15) is 5.10 Å². The van der Waals surface area contributed by atoms with E-state index in [9.17, 15) is 14.4 Å². The maximum absolute atomic E-state index is 12.7. The minimum atomic E-state index is -0.586. The first kappa shape index (κ1) is 23.3. The molecule has 0 saturated heterocycles. The van der Waals surface area contributed by atoms with Gasteiger partial charge in [0.25, 0.3) is 11.8 Å². The lowest BCUT2D eigenvalue weighted by Crippen LogP contribution is -2.41. The number of halogens is 1. The second-order valence-electron chi connectivity index (χ2n) is 7.99. The molecule has 0 aliphatic heterocycles. The van der Waals surface area contributed by atoms with E-state index in [4.69, 9.17) is 16.0 Å². The number of rotatable bonds is 4. The number of hydrogen-bond donors (Lipinski definition) is 3. The van der Waals surface area contributed by atoms with Crippen LogP contribution in [0.4, 0.5) is 0 Å². The van der Waals surface area contributed by atoms with Gasteiger partial charge in [0.15, 0.2) is 5.76 Å². The summed E-state index contributed by atoms with van der Waals surface area (Å²) in [5, 5.41) is 4.83. The Morgan fingerprint density at radius 1 is 0.853 bits per heavy atom. The van der Waals surface area contributed by atoms with E-state index in [0.29, 0.717) is 51.6 Å². The summed E-state index contributed by atoms with van der Waals surface area (Å²) >= 11 is 5.83. The number of nitrogens with zero attached hydrogens (tertiary/aromatic N) is 1. The fourth-order valence-electron chi connectivity index (χ4n) is 3.73. The summed E-state index contributed by atoms with van der Waals surface area (Å²) in [4.78, 5) is 37.4. The van der Waals surface area contributed by atoms with Gasteiger partial charge in [-0.1, -0.05) is 29.3 Å². The van der Waals surface area contributed by atoms with Crippen LogP contribution in [-0.4, -0.2) is 23.4 Å². The first-order chi connectivity index (χ1) is 16.3. The number of carbonyl (C=O) groups excluding carboxylic acids is 3. The van der Waals surface area contributed by atoms with Crippen molar-refractivity contribution in [1.29, 1.82) is 0 Å². The van der Waals surface area contributed by atoms with E-state index in [1.807, 2.05) is 19.1 Å². The number of hydrogen-bond acceptors (Lipinski definition) is 5. The highest BCUT2D eigenvalue weighted by Crippen LogP contribution is 2.29. The molecule has 0 bridgehead atoms. The smallest absolute Gasteiger partial charge is 0.305 e. The number of hydrazone groups is 1. The Kier molecular flexibility index (Phi) is 6.79. The Morgan fingerprint density at radius 3 is 2.18 bits per heavy atom. The molecule has 0 radical (unpaired) electrons. The number of hydrazine groups is 1. The van der Waals surface area contributed by atoms with Crippen LogP contribution in [-0.2, 0) is 6.42 Å². The number of amides is 3. The molecular weight excluding hydrogens is 456 g/mol. The van der Waals surface area contributed by atoms with Crippen LogP contribution in [0.15, 0.2) is 58.0 Å². The van der Waals surface area contributed by atoms with Gasteiger partial charge in [0.2, 0.25) is 0 Å². The Labute approximate surface area is 201 Å². The first-order valence-electron chi connectivity index (χ1n) is 10.8. The van der Waals surface area contributed by atoms with Crippen LogP contribution in [0.1, 0.15) is 66.6 Å². The van der Waals surface area contributed by atoms with Gasteiger partial charge in [0, 0.05) is 33.7 Å². The molecule has 34 heavy (non-hydrogen) atoms. The van der Waals surface area contributed by atoms with Crippen LogP contribution in [0.5, 0.6) is 0 Å². The number of aryl methyl sites for hydroxylation is 2.